The van der Waals surface area contributed by atoms with Crippen molar-refractivity contribution < 1.29 is 9.53 Å². The number of carbonyl (C=O) groups is 1. The summed E-state index contributed by atoms with van der Waals surface area (Å²) in [5, 5.41) is 0. The molecule has 0 saturated carbocycles. The van der Waals surface area contributed by atoms with Crippen molar-refractivity contribution in [1.82, 2.24) is 4.90 Å². The van der Waals surface area contributed by atoms with Crippen LogP contribution in [0.4, 0.5) is 5.69 Å². The van der Waals surface area contributed by atoms with E-state index < -0.39 is 0 Å². The fourth-order valence-corrected chi connectivity index (χ4v) is 5.38. The molecule has 2 aliphatic rings. The molecule has 1 fully saturated rings. The van der Waals surface area contributed by atoms with Crippen LogP contribution in [0.25, 0.3) is 0 Å². The van der Waals surface area contributed by atoms with Crippen LogP contribution in [-0.4, -0.2) is 37.0 Å². The quantitative estimate of drug-likeness (QED) is 0.542. The molecule has 1 saturated heterocycles. The Hall–Kier alpha value is -3.11. The van der Waals surface area contributed by atoms with E-state index in [1.807, 2.05) is 35.2 Å². The highest BCUT2D eigenvalue weighted by molar-refractivity contribution is 5.97. The van der Waals surface area contributed by atoms with Crippen molar-refractivity contribution in [2.75, 3.05) is 31.1 Å². The minimum atomic E-state index is 0.0306. The van der Waals surface area contributed by atoms with Crippen molar-refractivity contribution in [2.45, 2.75) is 38.6 Å². The number of para-hydroxylation sites is 1. The minimum absolute atomic E-state index is 0.0306. The van der Waals surface area contributed by atoms with Gasteiger partial charge in [0.05, 0.1) is 0 Å². The van der Waals surface area contributed by atoms with Gasteiger partial charge in [0.15, 0.2) is 6.61 Å². The summed E-state index contributed by atoms with van der Waals surface area (Å²) in [5.41, 5.74) is 6.38. The number of nitrogens with zero attached hydrogens (tertiary/aromatic N) is 2. The van der Waals surface area contributed by atoms with Crippen molar-refractivity contribution in [2.24, 2.45) is 0 Å². The molecule has 0 aliphatic carbocycles. The van der Waals surface area contributed by atoms with Crippen molar-refractivity contribution in [3.05, 3.63) is 95.1 Å². The molecule has 2 aliphatic heterocycles. The molecule has 1 amide bonds. The molecule has 3 aromatic carbocycles. The molecule has 33 heavy (non-hydrogen) atoms. The van der Waals surface area contributed by atoms with Crippen molar-refractivity contribution in [3.63, 3.8) is 0 Å². The van der Waals surface area contributed by atoms with Gasteiger partial charge in [0.25, 0.3) is 5.91 Å². The summed E-state index contributed by atoms with van der Waals surface area (Å²) in [6, 6.07) is 24.9. The number of anilines is 1. The third-order valence-corrected chi connectivity index (χ3v) is 7.18. The second-order valence-corrected chi connectivity index (χ2v) is 9.65. The lowest BCUT2D eigenvalue weighted by molar-refractivity contribution is -0.120. The van der Waals surface area contributed by atoms with Crippen LogP contribution in [0.1, 0.15) is 35.1 Å². The zero-order valence-electron chi connectivity index (χ0n) is 19.6. The Bertz CT molecular complexity index is 1130. The fourth-order valence-electron chi connectivity index (χ4n) is 5.38. The lowest BCUT2D eigenvalue weighted by atomic mass is 9.74. The highest BCUT2D eigenvalue weighted by Gasteiger charge is 2.46. The summed E-state index contributed by atoms with van der Waals surface area (Å²) < 4.78 is 5.79. The average Bonchev–Trinajstić information content (AvgIpc) is 3.13. The number of fused-ring (bicyclic) bond motifs is 2. The molecule has 1 spiro atoms. The van der Waals surface area contributed by atoms with Crippen LogP contribution in [0.15, 0.2) is 72.8 Å². The van der Waals surface area contributed by atoms with Gasteiger partial charge in [0.1, 0.15) is 5.75 Å². The van der Waals surface area contributed by atoms with Crippen molar-refractivity contribution in [3.8, 4) is 5.75 Å². The number of rotatable bonds is 5. The summed E-state index contributed by atoms with van der Waals surface area (Å²) in [7, 11) is 0. The number of ether oxygens (including phenoxy) is 1. The second kappa shape index (κ2) is 9.03. The molecule has 0 N–H and O–H groups in total. The normalized spacial score (nSPS) is 17.2. The number of piperidine rings is 1. The largest absolute Gasteiger partial charge is 0.484 e. The first-order valence-corrected chi connectivity index (χ1v) is 11.9. The summed E-state index contributed by atoms with van der Waals surface area (Å²) >= 11 is 0. The number of aryl methyl sites for hydroxylation is 2. The molecule has 3 aromatic rings. The Labute approximate surface area is 196 Å². The van der Waals surface area contributed by atoms with E-state index in [4.69, 9.17) is 4.74 Å². The topological polar surface area (TPSA) is 32.8 Å². The van der Waals surface area contributed by atoms with Gasteiger partial charge in [0.2, 0.25) is 0 Å². The van der Waals surface area contributed by atoms with Crippen LogP contribution >= 0.6 is 0 Å². The third-order valence-electron chi connectivity index (χ3n) is 7.18. The Morgan fingerprint density at radius 1 is 0.909 bits per heavy atom. The maximum Gasteiger partial charge on any atom is 0.264 e. The van der Waals surface area contributed by atoms with E-state index in [1.54, 1.807) is 0 Å². The number of benzene rings is 3. The third kappa shape index (κ3) is 4.53. The molecule has 2 heterocycles. The Kier molecular flexibility index (Phi) is 5.94. The Morgan fingerprint density at radius 2 is 1.67 bits per heavy atom. The molecule has 4 nitrogen and oxygen atoms in total. The smallest absolute Gasteiger partial charge is 0.264 e. The van der Waals surface area contributed by atoms with Gasteiger partial charge in [-0.2, -0.15) is 0 Å². The van der Waals surface area contributed by atoms with Crippen LogP contribution in [0.2, 0.25) is 0 Å². The maximum absolute atomic E-state index is 13.2. The molecule has 4 heteroatoms. The maximum atomic E-state index is 13.2. The lowest BCUT2D eigenvalue weighted by Crippen LogP contribution is -2.46. The first-order chi connectivity index (χ1) is 16.0. The molecule has 5 rings (SSSR count). The van der Waals surface area contributed by atoms with Gasteiger partial charge in [0, 0.05) is 24.2 Å². The summed E-state index contributed by atoms with van der Waals surface area (Å²) in [4.78, 5) is 17.7. The number of likely N-dealkylation sites (tertiary alicyclic amines) is 1. The Balaban J connectivity index is 1.30. The van der Waals surface area contributed by atoms with Crippen LogP contribution in [-0.2, 0) is 16.8 Å². The average molecular weight is 441 g/mol. The van der Waals surface area contributed by atoms with Crippen LogP contribution in [0.5, 0.6) is 5.75 Å². The molecule has 0 aromatic heterocycles. The van der Waals surface area contributed by atoms with Gasteiger partial charge in [-0.25, -0.2) is 0 Å². The van der Waals surface area contributed by atoms with Crippen molar-refractivity contribution in [1.29, 1.82) is 0 Å². The zero-order chi connectivity index (χ0) is 22.8. The van der Waals surface area contributed by atoms with Crippen LogP contribution in [0, 0.1) is 13.8 Å². The zero-order valence-corrected chi connectivity index (χ0v) is 19.6. The van der Waals surface area contributed by atoms with Gasteiger partial charge >= 0.3 is 0 Å². The number of amides is 1. The predicted molar refractivity (Wildman–Crippen MR) is 133 cm³/mol. The van der Waals surface area contributed by atoms with E-state index in [0.717, 1.165) is 50.5 Å². The SMILES string of the molecule is Cc1cccc(CN2CCC3(CC2)CN(C(=O)COc2ccccc2)c2ccc(C)cc23)c1. The predicted octanol–water partition coefficient (Wildman–Crippen LogP) is 5.26. The highest BCUT2D eigenvalue weighted by Crippen LogP contribution is 2.47. The Morgan fingerprint density at radius 3 is 2.42 bits per heavy atom. The molecule has 0 radical (unpaired) electrons. The first kappa shape index (κ1) is 21.7. The molecule has 0 unspecified atom stereocenters. The minimum Gasteiger partial charge on any atom is -0.484 e. The van der Waals surface area contributed by atoms with Crippen molar-refractivity contribution >= 4 is 11.6 Å². The van der Waals surface area contributed by atoms with E-state index >= 15 is 0 Å². The number of carbonyl (C=O) groups excluding carboxylic acids is 1. The van der Waals surface area contributed by atoms with Gasteiger partial charge in [-0.05, 0) is 69.1 Å². The summed E-state index contributed by atoms with van der Waals surface area (Å²) in [5.74, 6) is 0.761. The van der Waals surface area contributed by atoms with E-state index in [1.165, 1.54) is 22.3 Å². The van der Waals surface area contributed by atoms with Gasteiger partial charge < -0.3 is 9.64 Å². The standard InChI is InChI=1S/C29H32N2O2/c1-22-7-6-8-24(17-22)19-30-15-13-29(14-16-30)21-31(27-12-11-23(2)18-26(27)29)28(32)20-33-25-9-4-3-5-10-25/h3-12,17-18H,13-16,19-21H2,1-2H3. The van der Waals surface area contributed by atoms with E-state index in [2.05, 4.69) is 61.2 Å². The van der Waals surface area contributed by atoms with E-state index in [9.17, 15) is 4.79 Å². The summed E-state index contributed by atoms with van der Waals surface area (Å²) in [6.07, 6.45) is 2.14. The molecular formula is C29H32N2O2. The highest BCUT2D eigenvalue weighted by atomic mass is 16.5. The summed E-state index contributed by atoms with van der Waals surface area (Å²) in [6.45, 7) is 8.19. The van der Waals surface area contributed by atoms with Gasteiger partial charge in [-0.15, -0.1) is 0 Å². The lowest BCUT2D eigenvalue weighted by Gasteiger charge is -2.40. The first-order valence-electron chi connectivity index (χ1n) is 11.9. The van der Waals surface area contributed by atoms with E-state index in [0.29, 0.717) is 0 Å². The van der Waals surface area contributed by atoms with Gasteiger partial charge in [-0.3, -0.25) is 9.69 Å². The van der Waals surface area contributed by atoms with Crippen LogP contribution < -0.4 is 9.64 Å². The molecular weight excluding hydrogens is 408 g/mol. The number of hydrogen-bond donors (Lipinski definition) is 0. The van der Waals surface area contributed by atoms with Crippen LogP contribution in [0.3, 0.4) is 0 Å². The molecule has 0 bridgehead atoms. The second-order valence-electron chi connectivity index (χ2n) is 9.65. The molecule has 170 valence electrons. The fraction of sp³-hybridized carbons (Fsp3) is 0.345. The molecule has 0 atom stereocenters. The number of hydrogen-bond acceptors (Lipinski definition) is 3. The van der Waals surface area contributed by atoms with E-state index in [-0.39, 0.29) is 17.9 Å². The van der Waals surface area contributed by atoms with Gasteiger partial charge in [-0.1, -0.05) is 65.7 Å². The monoisotopic (exact) mass is 440 g/mol.